The van der Waals surface area contributed by atoms with Crippen molar-refractivity contribution in [3.05, 3.63) is 35.9 Å². The number of hydrogen-bond acceptors (Lipinski definition) is 3. The van der Waals surface area contributed by atoms with Gasteiger partial charge in [0.2, 0.25) is 0 Å². The number of rotatable bonds is 3. The van der Waals surface area contributed by atoms with Gasteiger partial charge in [-0.3, -0.25) is 15.6 Å². The molecule has 1 aromatic rings. The Hall–Kier alpha value is -1.40. The molecule has 2 unspecified atom stereocenters. The molecule has 6 heteroatoms. The summed E-state index contributed by atoms with van der Waals surface area (Å²) in [6.45, 7) is 0.626. The Kier molecular flexibility index (Phi) is 3.98. The van der Waals surface area contributed by atoms with Gasteiger partial charge >= 0.3 is 6.18 Å². The third-order valence-electron chi connectivity index (χ3n) is 2.65. The first-order chi connectivity index (χ1) is 8.57. The molecule has 0 radical (unpaired) electrons. The standard InChI is InChI=1S/C12H14F3N3/c13-12(14,15)10(9-5-2-1-3-6-9)18-11-16-7-4-8-17-11/h1-3,5-7,10-11,17-18H,4,8H2. The van der Waals surface area contributed by atoms with Crippen LogP contribution in [0.15, 0.2) is 35.3 Å². The summed E-state index contributed by atoms with van der Waals surface area (Å²) in [5, 5.41) is 5.36. The van der Waals surface area contributed by atoms with Crippen molar-refractivity contribution >= 4 is 6.21 Å². The van der Waals surface area contributed by atoms with E-state index in [4.69, 9.17) is 0 Å². The molecule has 0 amide bonds. The second kappa shape index (κ2) is 5.49. The second-order valence-electron chi connectivity index (χ2n) is 4.03. The number of hydrogen-bond donors (Lipinski definition) is 2. The molecule has 0 aliphatic carbocycles. The fourth-order valence-electron chi connectivity index (χ4n) is 1.80. The highest BCUT2D eigenvalue weighted by Crippen LogP contribution is 2.32. The molecule has 0 saturated heterocycles. The lowest BCUT2D eigenvalue weighted by Gasteiger charge is -2.27. The number of nitrogens with zero attached hydrogens (tertiary/aromatic N) is 1. The minimum absolute atomic E-state index is 0.188. The monoisotopic (exact) mass is 257 g/mol. The van der Waals surface area contributed by atoms with Gasteiger partial charge in [-0.15, -0.1) is 0 Å². The highest BCUT2D eigenvalue weighted by Gasteiger charge is 2.41. The average molecular weight is 257 g/mol. The van der Waals surface area contributed by atoms with Gasteiger partial charge in [0.15, 0.2) is 6.29 Å². The molecule has 3 nitrogen and oxygen atoms in total. The Labute approximate surface area is 103 Å². The summed E-state index contributed by atoms with van der Waals surface area (Å²) in [5.41, 5.74) is 0.188. The van der Waals surface area contributed by atoms with Crippen LogP contribution in [0.4, 0.5) is 13.2 Å². The van der Waals surface area contributed by atoms with Crippen LogP contribution in [0, 0.1) is 0 Å². The van der Waals surface area contributed by atoms with E-state index in [9.17, 15) is 13.2 Å². The van der Waals surface area contributed by atoms with Crippen LogP contribution >= 0.6 is 0 Å². The second-order valence-corrected chi connectivity index (χ2v) is 4.03. The molecule has 1 heterocycles. The van der Waals surface area contributed by atoms with Crippen LogP contribution in [0.1, 0.15) is 18.0 Å². The molecular weight excluding hydrogens is 243 g/mol. The molecule has 0 saturated carbocycles. The zero-order chi connectivity index (χ0) is 13.0. The molecule has 18 heavy (non-hydrogen) atoms. The molecule has 2 atom stereocenters. The first-order valence-corrected chi connectivity index (χ1v) is 5.70. The molecule has 1 aliphatic heterocycles. The molecule has 0 spiro atoms. The van der Waals surface area contributed by atoms with Gasteiger partial charge in [-0.2, -0.15) is 13.2 Å². The fraction of sp³-hybridized carbons (Fsp3) is 0.417. The van der Waals surface area contributed by atoms with Crippen LogP contribution in [0.2, 0.25) is 0 Å². The number of aliphatic imine (C=N–C) groups is 1. The zero-order valence-corrected chi connectivity index (χ0v) is 9.61. The number of alkyl halides is 3. The van der Waals surface area contributed by atoms with Crippen LogP contribution < -0.4 is 10.6 Å². The van der Waals surface area contributed by atoms with E-state index in [1.807, 2.05) is 0 Å². The van der Waals surface area contributed by atoms with Crippen molar-refractivity contribution in [1.29, 1.82) is 0 Å². The Bertz CT molecular complexity index is 403. The fourth-order valence-corrected chi connectivity index (χ4v) is 1.80. The molecule has 1 aromatic carbocycles. The van der Waals surface area contributed by atoms with E-state index in [1.54, 1.807) is 24.4 Å². The lowest BCUT2D eigenvalue weighted by atomic mass is 10.1. The Balaban J connectivity index is 2.16. The molecule has 0 bridgehead atoms. The summed E-state index contributed by atoms with van der Waals surface area (Å²) in [6, 6.07) is 6.07. The largest absolute Gasteiger partial charge is 0.408 e. The maximum absolute atomic E-state index is 13.0. The average Bonchev–Trinajstić information content (AvgIpc) is 2.37. The van der Waals surface area contributed by atoms with E-state index in [2.05, 4.69) is 15.6 Å². The van der Waals surface area contributed by atoms with Crippen LogP contribution in [-0.2, 0) is 0 Å². The molecule has 98 valence electrons. The lowest BCUT2D eigenvalue weighted by molar-refractivity contribution is -0.160. The normalized spacial score (nSPS) is 21.8. The Morgan fingerprint density at radius 2 is 2.00 bits per heavy atom. The predicted molar refractivity (Wildman–Crippen MR) is 63.3 cm³/mol. The maximum atomic E-state index is 13.0. The van der Waals surface area contributed by atoms with Crippen molar-refractivity contribution in [3.63, 3.8) is 0 Å². The van der Waals surface area contributed by atoms with Crippen LogP contribution in [0.5, 0.6) is 0 Å². The van der Waals surface area contributed by atoms with Gasteiger partial charge in [0.1, 0.15) is 6.04 Å². The summed E-state index contributed by atoms with van der Waals surface area (Å²) in [6.07, 6.45) is -2.67. The van der Waals surface area contributed by atoms with E-state index in [0.29, 0.717) is 6.54 Å². The lowest BCUT2D eigenvalue weighted by Crippen LogP contribution is -2.48. The van der Waals surface area contributed by atoms with Gasteiger partial charge in [0, 0.05) is 12.8 Å². The van der Waals surface area contributed by atoms with Crippen molar-refractivity contribution in [2.24, 2.45) is 4.99 Å². The van der Waals surface area contributed by atoms with Gasteiger partial charge in [-0.1, -0.05) is 30.3 Å². The van der Waals surface area contributed by atoms with Gasteiger partial charge < -0.3 is 0 Å². The van der Waals surface area contributed by atoms with Crippen LogP contribution in [0.25, 0.3) is 0 Å². The van der Waals surface area contributed by atoms with E-state index >= 15 is 0 Å². The third kappa shape index (κ3) is 3.30. The molecular formula is C12H14F3N3. The Morgan fingerprint density at radius 3 is 2.56 bits per heavy atom. The quantitative estimate of drug-likeness (QED) is 0.871. The third-order valence-corrected chi connectivity index (χ3v) is 2.65. The minimum atomic E-state index is -4.35. The molecule has 2 N–H and O–H groups in total. The summed E-state index contributed by atoms with van der Waals surface area (Å²) in [7, 11) is 0. The zero-order valence-electron chi connectivity index (χ0n) is 9.61. The van der Waals surface area contributed by atoms with E-state index in [-0.39, 0.29) is 5.56 Å². The van der Waals surface area contributed by atoms with Crippen LogP contribution in [-0.4, -0.2) is 25.2 Å². The molecule has 0 aromatic heterocycles. The first kappa shape index (κ1) is 13.0. The summed E-state index contributed by atoms with van der Waals surface area (Å²) < 4.78 is 39.1. The summed E-state index contributed by atoms with van der Waals surface area (Å²) in [5.74, 6) is 0. The number of nitrogens with one attached hydrogen (secondary N) is 2. The van der Waals surface area contributed by atoms with Crippen molar-refractivity contribution in [1.82, 2.24) is 10.6 Å². The number of benzene rings is 1. The highest BCUT2D eigenvalue weighted by molar-refractivity contribution is 5.58. The van der Waals surface area contributed by atoms with Crippen LogP contribution in [0.3, 0.4) is 0 Å². The summed E-state index contributed by atoms with van der Waals surface area (Å²) >= 11 is 0. The van der Waals surface area contributed by atoms with Crippen molar-refractivity contribution in [2.75, 3.05) is 6.54 Å². The van der Waals surface area contributed by atoms with Gasteiger partial charge in [-0.05, 0) is 12.0 Å². The van der Waals surface area contributed by atoms with E-state index in [0.717, 1.165) is 6.42 Å². The van der Waals surface area contributed by atoms with Crippen molar-refractivity contribution in [3.8, 4) is 0 Å². The SMILES string of the molecule is FC(F)(F)C(NC1N=CCCN1)c1ccccc1. The smallest absolute Gasteiger partial charge is 0.283 e. The topological polar surface area (TPSA) is 36.4 Å². The first-order valence-electron chi connectivity index (χ1n) is 5.70. The summed E-state index contributed by atoms with van der Waals surface area (Å²) in [4.78, 5) is 3.96. The highest BCUT2D eigenvalue weighted by atomic mass is 19.4. The van der Waals surface area contributed by atoms with Crippen molar-refractivity contribution < 1.29 is 13.2 Å². The number of halogens is 3. The molecule has 2 rings (SSSR count). The minimum Gasteiger partial charge on any atom is -0.283 e. The molecule has 0 fully saturated rings. The Morgan fingerprint density at radius 1 is 1.28 bits per heavy atom. The molecule has 1 aliphatic rings. The van der Waals surface area contributed by atoms with Gasteiger partial charge in [0.25, 0.3) is 0 Å². The van der Waals surface area contributed by atoms with E-state index < -0.39 is 18.5 Å². The maximum Gasteiger partial charge on any atom is 0.408 e. The van der Waals surface area contributed by atoms with Crippen molar-refractivity contribution in [2.45, 2.75) is 24.9 Å². The van der Waals surface area contributed by atoms with Gasteiger partial charge in [0.05, 0.1) is 0 Å². The predicted octanol–water partition coefficient (Wildman–Crippen LogP) is 2.23. The van der Waals surface area contributed by atoms with E-state index in [1.165, 1.54) is 12.1 Å². The van der Waals surface area contributed by atoms with Gasteiger partial charge in [-0.25, -0.2) is 0 Å².